The van der Waals surface area contributed by atoms with E-state index in [1.807, 2.05) is 11.4 Å². The number of thiocarbonyl (C=S) groups is 1. The van der Waals surface area contributed by atoms with Crippen LogP contribution in [0.2, 0.25) is 0 Å². The Morgan fingerprint density at radius 1 is 1.53 bits per heavy atom. The second kappa shape index (κ2) is 5.46. The van der Waals surface area contributed by atoms with Crippen LogP contribution in [0.1, 0.15) is 22.5 Å². The van der Waals surface area contributed by atoms with Crippen molar-refractivity contribution >= 4 is 40.3 Å². The Morgan fingerprint density at radius 3 is 2.88 bits per heavy atom. The van der Waals surface area contributed by atoms with E-state index in [1.165, 1.54) is 31.3 Å². The first-order chi connectivity index (χ1) is 8.22. The molecule has 0 spiro atoms. The molecule has 1 aliphatic heterocycles. The number of nitrogens with zero attached hydrogens (tertiary/aromatic N) is 1. The Morgan fingerprint density at radius 2 is 2.24 bits per heavy atom. The number of anilines is 1. The summed E-state index contributed by atoms with van der Waals surface area (Å²) in [4.78, 5) is 14.2. The van der Waals surface area contributed by atoms with Gasteiger partial charge in [-0.3, -0.25) is 0 Å². The normalized spacial score (nSPS) is 14.8. The molecule has 0 aromatic carbocycles. The number of thiophene rings is 1. The van der Waals surface area contributed by atoms with Gasteiger partial charge >= 0.3 is 5.97 Å². The maximum Gasteiger partial charge on any atom is 0.350 e. The quantitative estimate of drug-likeness (QED) is 0.660. The summed E-state index contributed by atoms with van der Waals surface area (Å²) in [6, 6.07) is 1.85. The van der Waals surface area contributed by atoms with Crippen LogP contribution in [-0.4, -0.2) is 36.2 Å². The Kier molecular flexibility index (Phi) is 3.96. The van der Waals surface area contributed by atoms with E-state index in [2.05, 4.69) is 10.2 Å². The lowest BCUT2D eigenvalue weighted by Gasteiger charge is -2.19. The first kappa shape index (κ1) is 12.3. The van der Waals surface area contributed by atoms with Crippen LogP contribution in [0.5, 0.6) is 0 Å². The van der Waals surface area contributed by atoms with Crippen LogP contribution in [0, 0.1) is 0 Å². The highest BCUT2D eigenvalue weighted by Gasteiger charge is 2.18. The Bertz CT molecular complexity index is 425. The molecule has 1 saturated heterocycles. The number of carbonyl (C=O) groups is 1. The van der Waals surface area contributed by atoms with E-state index in [1.54, 1.807) is 0 Å². The molecule has 17 heavy (non-hydrogen) atoms. The van der Waals surface area contributed by atoms with E-state index >= 15 is 0 Å². The number of nitrogens with one attached hydrogen (secondary N) is 1. The first-order valence-electron chi connectivity index (χ1n) is 5.44. The molecule has 2 heterocycles. The van der Waals surface area contributed by atoms with Crippen molar-refractivity contribution in [1.29, 1.82) is 0 Å². The molecule has 0 atom stereocenters. The zero-order valence-electron chi connectivity index (χ0n) is 9.56. The molecule has 2 rings (SSSR count). The van der Waals surface area contributed by atoms with Gasteiger partial charge in [0.2, 0.25) is 0 Å². The van der Waals surface area contributed by atoms with Crippen LogP contribution in [0.15, 0.2) is 11.4 Å². The topological polar surface area (TPSA) is 41.6 Å². The SMILES string of the molecule is COC(=O)c1sccc1NC(=S)N1CCCC1. The lowest BCUT2D eigenvalue weighted by Crippen LogP contribution is -2.32. The minimum Gasteiger partial charge on any atom is -0.465 e. The second-order valence-corrected chi connectivity index (χ2v) is 5.08. The smallest absolute Gasteiger partial charge is 0.350 e. The molecule has 0 bridgehead atoms. The maximum atomic E-state index is 11.5. The van der Waals surface area contributed by atoms with E-state index in [-0.39, 0.29) is 5.97 Å². The molecule has 1 aromatic rings. The van der Waals surface area contributed by atoms with Crippen molar-refractivity contribution in [2.75, 3.05) is 25.5 Å². The Labute approximate surface area is 110 Å². The number of ether oxygens (including phenoxy) is 1. The minimum absolute atomic E-state index is 0.327. The van der Waals surface area contributed by atoms with E-state index < -0.39 is 0 Å². The summed E-state index contributed by atoms with van der Waals surface area (Å²) in [6.07, 6.45) is 2.35. The van der Waals surface area contributed by atoms with Crippen LogP contribution in [0.3, 0.4) is 0 Å². The maximum absolute atomic E-state index is 11.5. The third-order valence-electron chi connectivity index (χ3n) is 2.67. The molecule has 0 saturated carbocycles. The largest absolute Gasteiger partial charge is 0.465 e. The van der Waals surface area contributed by atoms with Gasteiger partial charge in [-0.25, -0.2) is 4.79 Å². The van der Waals surface area contributed by atoms with Gasteiger partial charge in [0, 0.05) is 13.1 Å². The van der Waals surface area contributed by atoms with Crippen LogP contribution in [0.25, 0.3) is 0 Å². The number of rotatable bonds is 2. The molecule has 1 aromatic heterocycles. The molecule has 6 heteroatoms. The Balaban J connectivity index is 2.05. The molecule has 0 amide bonds. The molecule has 1 fully saturated rings. The molecule has 92 valence electrons. The molecule has 1 aliphatic rings. The zero-order chi connectivity index (χ0) is 12.3. The average molecular weight is 270 g/mol. The average Bonchev–Trinajstić information content (AvgIpc) is 2.98. The highest BCUT2D eigenvalue weighted by atomic mass is 32.1. The van der Waals surface area contributed by atoms with Gasteiger partial charge in [-0.05, 0) is 36.5 Å². The number of hydrogen-bond donors (Lipinski definition) is 1. The Hall–Kier alpha value is -1.14. The number of esters is 1. The van der Waals surface area contributed by atoms with Gasteiger partial charge in [0.1, 0.15) is 4.88 Å². The van der Waals surface area contributed by atoms with E-state index in [0.717, 1.165) is 18.8 Å². The van der Waals surface area contributed by atoms with Crippen LogP contribution < -0.4 is 5.32 Å². The van der Waals surface area contributed by atoms with E-state index in [4.69, 9.17) is 17.0 Å². The van der Waals surface area contributed by atoms with Crippen molar-refractivity contribution in [2.24, 2.45) is 0 Å². The third kappa shape index (κ3) is 2.76. The summed E-state index contributed by atoms with van der Waals surface area (Å²) in [7, 11) is 1.38. The fourth-order valence-electron chi connectivity index (χ4n) is 1.77. The second-order valence-electron chi connectivity index (χ2n) is 3.78. The van der Waals surface area contributed by atoms with Gasteiger partial charge in [0.15, 0.2) is 5.11 Å². The summed E-state index contributed by atoms with van der Waals surface area (Å²) in [5, 5.41) is 5.65. The molecule has 0 aliphatic carbocycles. The predicted octanol–water partition coefficient (Wildman–Crippen LogP) is 2.33. The fourth-order valence-corrected chi connectivity index (χ4v) is 2.83. The molecular formula is C11H14N2O2S2. The molecule has 4 nitrogen and oxygen atoms in total. The van der Waals surface area contributed by atoms with Crippen LogP contribution in [0.4, 0.5) is 5.69 Å². The van der Waals surface area contributed by atoms with Gasteiger partial charge in [-0.1, -0.05) is 0 Å². The van der Waals surface area contributed by atoms with Crippen molar-refractivity contribution in [2.45, 2.75) is 12.8 Å². The summed E-state index contributed by atoms with van der Waals surface area (Å²) >= 11 is 6.66. The number of methoxy groups -OCH3 is 1. The van der Waals surface area contributed by atoms with Gasteiger partial charge in [-0.2, -0.15) is 0 Å². The summed E-state index contributed by atoms with van der Waals surface area (Å²) in [5.74, 6) is -0.327. The van der Waals surface area contributed by atoms with Crippen molar-refractivity contribution in [3.63, 3.8) is 0 Å². The van der Waals surface area contributed by atoms with Crippen LogP contribution in [-0.2, 0) is 4.74 Å². The molecule has 1 N–H and O–H groups in total. The molecular weight excluding hydrogens is 256 g/mol. The van der Waals surface area contributed by atoms with Gasteiger partial charge in [0.25, 0.3) is 0 Å². The van der Waals surface area contributed by atoms with Crippen molar-refractivity contribution in [3.8, 4) is 0 Å². The zero-order valence-corrected chi connectivity index (χ0v) is 11.2. The fraction of sp³-hybridized carbons (Fsp3) is 0.455. The summed E-state index contributed by atoms with van der Waals surface area (Å²) in [5.41, 5.74) is 0.735. The number of hydrogen-bond acceptors (Lipinski definition) is 4. The third-order valence-corrected chi connectivity index (χ3v) is 3.93. The lowest BCUT2D eigenvalue weighted by atomic mass is 10.4. The monoisotopic (exact) mass is 270 g/mol. The highest BCUT2D eigenvalue weighted by molar-refractivity contribution is 7.80. The minimum atomic E-state index is -0.327. The lowest BCUT2D eigenvalue weighted by molar-refractivity contribution is 0.0607. The number of carbonyl (C=O) groups excluding carboxylic acids is 1. The van der Waals surface area contributed by atoms with E-state index in [9.17, 15) is 4.79 Å². The summed E-state index contributed by atoms with van der Waals surface area (Å²) in [6.45, 7) is 1.98. The van der Waals surface area contributed by atoms with Gasteiger partial charge < -0.3 is 15.0 Å². The van der Waals surface area contributed by atoms with Gasteiger partial charge in [0.05, 0.1) is 12.8 Å². The standard InChI is InChI=1S/C11H14N2O2S2/c1-15-10(14)9-8(4-7-17-9)12-11(16)13-5-2-3-6-13/h4,7H,2-3,5-6H2,1H3,(H,12,16). The van der Waals surface area contributed by atoms with Crippen LogP contribution >= 0.6 is 23.6 Å². The van der Waals surface area contributed by atoms with E-state index in [0.29, 0.717) is 9.99 Å². The van der Waals surface area contributed by atoms with Crippen molar-refractivity contribution in [1.82, 2.24) is 4.90 Å². The first-order valence-corrected chi connectivity index (χ1v) is 6.73. The van der Waals surface area contributed by atoms with Gasteiger partial charge in [-0.15, -0.1) is 11.3 Å². The molecule has 0 radical (unpaired) electrons. The highest BCUT2D eigenvalue weighted by Crippen LogP contribution is 2.24. The predicted molar refractivity (Wildman–Crippen MR) is 72.7 cm³/mol. The molecule has 0 unspecified atom stereocenters. The van der Waals surface area contributed by atoms with Crippen molar-refractivity contribution < 1.29 is 9.53 Å². The van der Waals surface area contributed by atoms with Crippen molar-refractivity contribution in [3.05, 3.63) is 16.3 Å². The number of likely N-dealkylation sites (tertiary alicyclic amines) is 1. The summed E-state index contributed by atoms with van der Waals surface area (Å²) < 4.78 is 4.72.